The summed E-state index contributed by atoms with van der Waals surface area (Å²) < 4.78 is 26.3. The number of urea groups is 1. The zero-order valence-corrected chi connectivity index (χ0v) is 13.2. The molecule has 1 heterocycles. The van der Waals surface area contributed by atoms with Crippen LogP contribution in [0.2, 0.25) is 0 Å². The SMILES string of the molecule is CCC(O)CN1CCC(NC(=O)Nc2ccc(F)cc2F)CC1. The molecule has 5 nitrogen and oxygen atoms in total. The van der Waals surface area contributed by atoms with Gasteiger partial charge in [-0.2, -0.15) is 0 Å². The highest BCUT2D eigenvalue weighted by molar-refractivity contribution is 5.89. The number of carbonyl (C=O) groups is 1. The number of aliphatic hydroxyl groups excluding tert-OH is 1. The number of rotatable bonds is 5. The number of nitrogens with one attached hydrogen (secondary N) is 2. The summed E-state index contributed by atoms with van der Waals surface area (Å²) in [6, 6.07) is 2.53. The minimum Gasteiger partial charge on any atom is -0.392 e. The molecule has 1 fully saturated rings. The van der Waals surface area contributed by atoms with Gasteiger partial charge in [0.05, 0.1) is 11.8 Å². The van der Waals surface area contributed by atoms with E-state index in [2.05, 4.69) is 15.5 Å². The normalized spacial score (nSPS) is 17.7. The molecule has 23 heavy (non-hydrogen) atoms. The minimum absolute atomic E-state index is 0.00790. The topological polar surface area (TPSA) is 64.6 Å². The van der Waals surface area contributed by atoms with E-state index in [1.54, 1.807) is 0 Å². The predicted molar refractivity (Wildman–Crippen MR) is 84.3 cm³/mol. The second-order valence-corrected chi connectivity index (χ2v) is 5.86. The van der Waals surface area contributed by atoms with Gasteiger partial charge in [0.2, 0.25) is 0 Å². The van der Waals surface area contributed by atoms with E-state index in [9.17, 15) is 18.7 Å². The Morgan fingerprint density at radius 1 is 1.39 bits per heavy atom. The largest absolute Gasteiger partial charge is 0.392 e. The average Bonchev–Trinajstić information content (AvgIpc) is 2.52. The van der Waals surface area contributed by atoms with Crippen LogP contribution in [0.15, 0.2) is 18.2 Å². The van der Waals surface area contributed by atoms with Gasteiger partial charge in [-0.05, 0) is 31.4 Å². The van der Waals surface area contributed by atoms with Crippen LogP contribution in [0.1, 0.15) is 26.2 Å². The number of halogens is 2. The molecule has 0 saturated carbocycles. The number of anilines is 1. The Labute approximate surface area is 134 Å². The number of likely N-dealkylation sites (tertiary alicyclic amines) is 1. The third kappa shape index (κ3) is 5.44. The number of piperidine rings is 1. The van der Waals surface area contributed by atoms with Gasteiger partial charge in [0.15, 0.2) is 0 Å². The van der Waals surface area contributed by atoms with Gasteiger partial charge in [0.25, 0.3) is 0 Å². The quantitative estimate of drug-likeness (QED) is 0.778. The molecule has 0 spiro atoms. The molecule has 0 aromatic heterocycles. The summed E-state index contributed by atoms with van der Waals surface area (Å²) >= 11 is 0. The molecule has 1 saturated heterocycles. The summed E-state index contributed by atoms with van der Waals surface area (Å²) in [5.41, 5.74) is -0.0487. The third-order valence-corrected chi connectivity index (χ3v) is 4.04. The molecule has 1 unspecified atom stereocenters. The van der Waals surface area contributed by atoms with E-state index in [1.165, 1.54) is 6.07 Å². The summed E-state index contributed by atoms with van der Waals surface area (Å²) in [5.74, 6) is -1.49. The molecule has 2 amide bonds. The molecule has 128 valence electrons. The van der Waals surface area contributed by atoms with E-state index in [-0.39, 0.29) is 17.8 Å². The van der Waals surface area contributed by atoms with Gasteiger partial charge in [0.1, 0.15) is 11.6 Å². The van der Waals surface area contributed by atoms with E-state index in [1.807, 2.05) is 6.92 Å². The van der Waals surface area contributed by atoms with Crippen LogP contribution in [0.5, 0.6) is 0 Å². The van der Waals surface area contributed by atoms with Crippen LogP contribution < -0.4 is 10.6 Å². The van der Waals surface area contributed by atoms with Crippen molar-refractivity contribution in [1.29, 1.82) is 0 Å². The maximum atomic E-state index is 13.5. The number of aliphatic hydroxyl groups is 1. The van der Waals surface area contributed by atoms with Crippen molar-refractivity contribution in [1.82, 2.24) is 10.2 Å². The molecule has 1 aliphatic heterocycles. The second kappa shape index (κ2) is 8.21. The smallest absolute Gasteiger partial charge is 0.319 e. The molecule has 2 rings (SSSR count). The molecule has 0 aliphatic carbocycles. The standard InChI is InChI=1S/C16H23F2N3O2/c1-2-13(22)10-21-7-5-12(6-8-21)19-16(23)20-15-4-3-11(17)9-14(15)18/h3-4,9,12-13,22H,2,5-8,10H2,1H3,(H2,19,20,23). The maximum absolute atomic E-state index is 13.5. The first-order chi connectivity index (χ1) is 11.0. The molecule has 1 aliphatic rings. The Kier molecular flexibility index (Phi) is 6.29. The van der Waals surface area contributed by atoms with Crippen LogP contribution in [-0.2, 0) is 0 Å². The first kappa shape index (κ1) is 17.6. The van der Waals surface area contributed by atoms with Crippen molar-refractivity contribution >= 4 is 11.7 Å². The zero-order chi connectivity index (χ0) is 16.8. The third-order valence-electron chi connectivity index (χ3n) is 4.04. The first-order valence-corrected chi connectivity index (χ1v) is 7.91. The number of benzene rings is 1. The number of hydrogen-bond donors (Lipinski definition) is 3. The Hall–Kier alpha value is -1.73. The molecule has 0 radical (unpaired) electrons. The van der Waals surface area contributed by atoms with Crippen molar-refractivity contribution in [3.63, 3.8) is 0 Å². The van der Waals surface area contributed by atoms with Crippen LogP contribution in [-0.4, -0.2) is 47.8 Å². The Morgan fingerprint density at radius 2 is 2.09 bits per heavy atom. The lowest BCUT2D eigenvalue weighted by Crippen LogP contribution is -2.47. The number of β-amino-alcohol motifs (C(OH)–C–C–N with tert-alkyl or cyclic N) is 1. The van der Waals surface area contributed by atoms with Crippen molar-refractivity contribution in [3.8, 4) is 0 Å². The van der Waals surface area contributed by atoms with Gasteiger partial charge in [-0.1, -0.05) is 6.92 Å². The number of hydrogen-bond acceptors (Lipinski definition) is 3. The van der Waals surface area contributed by atoms with Crippen molar-refractivity contribution in [2.45, 2.75) is 38.3 Å². The number of carbonyl (C=O) groups excluding carboxylic acids is 1. The van der Waals surface area contributed by atoms with Crippen LogP contribution in [0, 0.1) is 11.6 Å². The highest BCUT2D eigenvalue weighted by Crippen LogP contribution is 2.15. The van der Waals surface area contributed by atoms with Gasteiger partial charge < -0.3 is 20.6 Å². The van der Waals surface area contributed by atoms with E-state index >= 15 is 0 Å². The summed E-state index contributed by atoms with van der Waals surface area (Å²) in [6.45, 7) is 4.19. The van der Waals surface area contributed by atoms with E-state index in [4.69, 9.17) is 0 Å². The van der Waals surface area contributed by atoms with Gasteiger partial charge >= 0.3 is 6.03 Å². The fourth-order valence-electron chi connectivity index (χ4n) is 2.62. The maximum Gasteiger partial charge on any atom is 0.319 e. The van der Waals surface area contributed by atoms with Gasteiger partial charge in [-0.3, -0.25) is 0 Å². The zero-order valence-electron chi connectivity index (χ0n) is 13.2. The number of amides is 2. The molecule has 3 N–H and O–H groups in total. The molecule has 7 heteroatoms. The summed E-state index contributed by atoms with van der Waals surface area (Å²) in [6.07, 6.45) is 1.96. The predicted octanol–water partition coefficient (Wildman–Crippen LogP) is 2.32. The fraction of sp³-hybridized carbons (Fsp3) is 0.562. The van der Waals surface area contributed by atoms with E-state index in [0.29, 0.717) is 6.54 Å². The highest BCUT2D eigenvalue weighted by Gasteiger charge is 2.22. The lowest BCUT2D eigenvalue weighted by atomic mass is 10.0. The van der Waals surface area contributed by atoms with Gasteiger partial charge in [-0.15, -0.1) is 0 Å². The number of nitrogens with zero attached hydrogens (tertiary/aromatic N) is 1. The van der Waals surface area contributed by atoms with Gasteiger partial charge in [-0.25, -0.2) is 13.6 Å². The molecule has 1 aromatic rings. The molecule has 1 atom stereocenters. The van der Waals surface area contributed by atoms with Crippen LogP contribution >= 0.6 is 0 Å². The van der Waals surface area contributed by atoms with Crippen LogP contribution in [0.25, 0.3) is 0 Å². The Balaban J connectivity index is 1.76. The van der Waals surface area contributed by atoms with Gasteiger partial charge in [0, 0.05) is 31.7 Å². The molecular weight excluding hydrogens is 304 g/mol. The Bertz CT molecular complexity index is 534. The fourth-order valence-corrected chi connectivity index (χ4v) is 2.62. The molecular formula is C16H23F2N3O2. The molecule has 0 bridgehead atoms. The first-order valence-electron chi connectivity index (χ1n) is 7.91. The van der Waals surface area contributed by atoms with Crippen molar-refractivity contribution < 1.29 is 18.7 Å². The summed E-state index contributed by atoms with van der Waals surface area (Å²) in [4.78, 5) is 14.1. The van der Waals surface area contributed by atoms with Crippen LogP contribution in [0.3, 0.4) is 0 Å². The second-order valence-electron chi connectivity index (χ2n) is 5.86. The van der Waals surface area contributed by atoms with E-state index < -0.39 is 17.7 Å². The lowest BCUT2D eigenvalue weighted by molar-refractivity contribution is 0.0925. The summed E-state index contributed by atoms with van der Waals surface area (Å²) in [5, 5.41) is 14.8. The van der Waals surface area contributed by atoms with Crippen molar-refractivity contribution in [3.05, 3.63) is 29.8 Å². The summed E-state index contributed by atoms with van der Waals surface area (Å²) in [7, 11) is 0. The average molecular weight is 327 g/mol. The minimum atomic E-state index is -0.802. The monoisotopic (exact) mass is 327 g/mol. The van der Waals surface area contributed by atoms with E-state index in [0.717, 1.165) is 44.5 Å². The lowest BCUT2D eigenvalue weighted by Gasteiger charge is -2.33. The highest BCUT2D eigenvalue weighted by atomic mass is 19.1. The van der Waals surface area contributed by atoms with Crippen molar-refractivity contribution in [2.75, 3.05) is 25.0 Å². The molecule has 1 aromatic carbocycles. The Morgan fingerprint density at radius 3 is 2.70 bits per heavy atom. The van der Waals surface area contributed by atoms with Crippen molar-refractivity contribution in [2.24, 2.45) is 0 Å². The van der Waals surface area contributed by atoms with Crippen LogP contribution in [0.4, 0.5) is 19.3 Å².